The van der Waals surface area contributed by atoms with E-state index in [4.69, 9.17) is 5.73 Å². The first kappa shape index (κ1) is 22.0. The van der Waals surface area contributed by atoms with Gasteiger partial charge in [0.05, 0.1) is 0 Å². The third-order valence-electron chi connectivity index (χ3n) is 4.76. The molecule has 0 aromatic rings. The maximum absolute atomic E-state index is 5.76. The predicted molar refractivity (Wildman–Crippen MR) is 102 cm³/mol. The summed E-state index contributed by atoms with van der Waals surface area (Å²) >= 11 is 0. The lowest BCUT2D eigenvalue weighted by Gasteiger charge is -2.05. The zero-order valence-electron chi connectivity index (χ0n) is 15.9. The Morgan fingerprint density at radius 3 is 1.05 bits per heavy atom. The molecular formula is C21H45N. The average Bonchev–Trinajstić information content (AvgIpc) is 2.50. The lowest BCUT2D eigenvalue weighted by Crippen LogP contribution is -2.13. The molecule has 0 saturated heterocycles. The van der Waals surface area contributed by atoms with Crippen LogP contribution in [0.25, 0.3) is 0 Å². The van der Waals surface area contributed by atoms with Crippen LogP contribution in [-0.4, -0.2) is 6.04 Å². The molecule has 1 nitrogen and oxygen atoms in total. The van der Waals surface area contributed by atoms with Crippen LogP contribution in [0.2, 0.25) is 0 Å². The molecule has 0 saturated carbocycles. The zero-order chi connectivity index (χ0) is 16.3. The third-order valence-corrected chi connectivity index (χ3v) is 4.76. The van der Waals surface area contributed by atoms with Crippen LogP contribution in [0, 0.1) is 0 Å². The molecule has 0 bridgehead atoms. The highest BCUT2D eigenvalue weighted by Gasteiger charge is 1.96. The largest absolute Gasteiger partial charge is 0.328 e. The van der Waals surface area contributed by atoms with Crippen molar-refractivity contribution in [3.63, 3.8) is 0 Å². The third kappa shape index (κ3) is 20.0. The maximum atomic E-state index is 5.76. The van der Waals surface area contributed by atoms with Crippen molar-refractivity contribution in [2.75, 3.05) is 0 Å². The van der Waals surface area contributed by atoms with Crippen molar-refractivity contribution in [3.05, 3.63) is 0 Å². The van der Waals surface area contributed by atoms with Gasteiger partial charge in [-0.2, -0.15) is 0 Å². The van der Waals surface area contributed by atoms with E-state index in [1.165, 1.54) is 116 Å². The number of hydrogen-bond acceptors (Lipinski definition) is 1. The second-order valence-electron chi connectivity index (χ2n) is 7.42. The summed E-state index contributed by atoms with van der Waals surface area (Å²) < 4.78 is 0. The number of unbranched alkanes of at least 4 members (excludes halogenated alkanes) is 16. The molecule has 134 valence electrons. The molecule has 0 amide bonds. The van der Waals surface area contributed by atoms with Crippen molar-refractivity contribution in [2.45, 2.75) is 135 Å². The van der Waals surface area contributed by atoms with Crippen molar-refractivity contribution in [2.24, 2.45) is 5.73 Å². The minimum atomic E-state index is 0.399. The molecule has 0 heterocycles. The van der Waals surface area contributed by atoms with E-state index in [9.17, 15) is 0 Å². The molecule has 22 heavy (non-hydrogen) atoms. The molecule has 0 spiro atoms. The van der Waals surface area contributed by atoms with Gasteiger partial charge in [0.1, 0.15) is 0 Å². The molecule has 0 aliphatic carbocycles. The molecule has 2 N–H and O–H groups in total. The van der Waals surface area contributed by atoms with Crippen molar-refractivity contribution in [1.29, 1.82) is 0 Å². The Labute approximate surface area is 141 Å². The highest BCUT2D eigenvalue weighted by atomic mass is 14.6. The van der Waals surface area contributed by atoms with Crippen molar-refractivity contribution in [1.82, 2.24) is 0 Å². The molecule has 0 fully saturated rings. The Balaban J connectivity index is 2.94. The first-order chi connectivity index (χ1) is 10.8. The Hall–Kier alpha value is -0.0400. The van der Waals surface area contributed by atoms with Crippen LogP contribution in [0.1, 0.15) is 129 Å². The summed E-state index contributed by atoms with van der Waals surface area (Å²) in [6.45, 7) is 4.41. The quantitative estimate of drug-likeness (QED) is 0.263. The fourth-order valence-corrected chi connectivity index (χ4v) is 3.19. The Kier molecular flexibility index (Phi) is 19.0. The molecule has 0 aromatic heterocycles. The molecular weight excluding hydrogens is 266 g/mol. The highest BCUT2D eigenvalue weighted by molar-refractivity contribution is 4.54. The summed E-state index contributed by atoms with van der Waals surface area (Å²) in [5.41, 5.74) is 5.76. The first-order valence-electron chi connectivity index (χ1n) is 10.5. The van der Waals surface area contributed by atoms with Gasteiger partial charge in [0.25, 0.3) is 0 Å². The van der Waals surface area contributed by atoms with E-state index in [-0.39, 0.29) is 0 Å². The summed E-state index contributed by atoms with van der Waals surface area (Å²) in [7, 11) is 0. The molecule has 0 rings (SSSR count). The van der Waals surface area contributed by atoms with Crippen LogP contribution in [-0.2, 0) is 0 Å². The smallest absolute Gasteiger partial charge is 0.00104 e. The van der Waals surface area contributed by atoms with Gasteiger partial charge < -0.3 is 5.73 Å². The predicted octanol–water partition coefficient (Wildman–Crippen LogP) is 7.38. The Bertz CT molecular complexity index is 188. The molecule has 1 atom stereocenters. The number of rotatable bonds is 18. The average molecular weight is 312 g/mol. The van der Waals surface area contributed by atoms with E-state index in [0.717, 1.165) is 0 Å². The van der Waals surface area contributed by atoms with Crippen LogP contribution in [0.15, 0.2) is 0 Å². The second-order valence-corrected chi connectivity index (χ2v) is 7.42. The monoisotopic (exact) mass is 311 g/mol. The van der Waals surface area contributed by atoms with Gasteiger partial charge in [-0.05, 0) is 13.3 Å². The van der Waals surface area contributed by atoms with E-state index in [2.05, 4.69) is 13.8 Å². The summed E-state index contributed by atoms with van der Waals surface area (Å²) in [6, 6.07) is 0.399. The molecule has 1 heteroatoms. The molecule has 0 aromatic carbocycles. The molecule has 1 unspecified atom stereocenters. The van der Waals surface area contributed by atoms with Gasteiger partial charge in [0.2, 0.25) is 0 Å². The summed E-state index contributed by atoms with van der Waals surface area (Å²) in [5.74, 6) is 0. The minimum absolute atomic E-state index is 0.399. The standard InChI is InChI=1S/C21H45N/c1-3-4-5-6-7-8-9-10-11-12-13-14-15-16-17-18-19-20-21(2)22/h21H,3-20,22H2,1-2H3. The van der Waals surface area contributed by atoms with Gasteiger partial charge in [-0.15, -0.1) is 0 Å². The van der Waals surface area contributed by atoms with Gasteiger partial charge in [-0.25, -0.2) is 0 Å². The van der Waals surface area contributed by atoms with Crippen molar-refractivity contribution < 1.29 is 0 Å². The lowest BCUT2D eigenvalue weighted by molar-refractivity contribution is 0.519. The van der Waals surface area contributed by atoms with E-state index in [0.29, 0.717) is 6.04 Å². The number of nitrogens with two attached hydrogens (primary N) is 1. The second kappa shape index (κ2) is 19.0. The van der Waals surface area contributed by atoms with Crippen LogP contribution in [0.3, 0.4) is 0 Å². The van der Waals surface area contributed by atoms with Crippen LogP contribution < -0.4 is 5.73 Å². The first-order valence-corrected chi connectivity index (χ1v) is 10.5. The minimum Gasteiger partial charge on any atom is -0.328 e. The summed E-state index contributed by atoms with van der Waals surface area (Å²) in [4.78, 5) is 0. The fourth-order valence-electron chi connectivity index (χ4n) is 3.19. The van der Waals surface area contributed by atoms with Gasteiger partial charge >= 0.3 is 0 Å². The van der Waals surface area contributed by atoms with Gasteiger partial charge in [-0.3, -0.25) is 0 Å². The van der Waals surface area contributed by atoms with Gasteiger partial charge in [0, 0.05) is 6.04 Å². The molecule has 0 aliphatic rings. The normalized spacial score (nSPS) is 12.7. The molecule has 0 aliphatic heterocycles. The Morgan fingerprint density at radius 2 is 0.773 bits per heavy atom. The van der Waals surface area contributed by atoms with Crippen molar-refractivity contribution >= 4 is 0 Å². The van der Waals surface area contributed by atoms with Gasteiger partial charge in [-0.1, -0.05) is 116 Å². The fraction of sp³-hybridized carbons (Fsp3) is 1.00. The van der Waals surface area contributed by atoms with E-state index in [1.807, 2.05) is 0 Å². The highest BCUT2D eigenvalue weighted by Crippen LogP contribution is 2.14. The lowest BCUT2D eigenvalue weighted by atomic mass is 10.0. The maximum Gasteiger partial charge on any atom is 0.00104 e. The van der Waals surface area contributed by atoms with Crippen LogP contribution >= 0.6 is 0 Å². The topological polar surface area (TPSA) is 26.0 Å². The Morgan fingerprint density at radius 1 is 0.500 bits per heavy atom. The van der Waals surface area contributed by atoms with E-state index in [1.54, 1.807) is 0 Å². The van der Waals surface area contributed by atoms with Crippen molar-refractivity contribution in [3.8, 4) is 0 Å². The summed E-state index contributed by atoms with van der Waals surface area (Å²) in [6.07, 6.45) is 25.8. The number of hydrogen-bond donors (Lipinski definition) is 1. The SMILES string of the molecule is CCCCCCCCCCCCCCCCCCCC(C)N. The van der Waals surface area contributed by atoms with Gasteiger partial charge in [0.15, 0.2) is 0 Å². The zero-order valence-corrected chi connectivity index (χ0v) is 15.9. The van der Waals surface area contributed by atoms with Crippen LogP contribution in [0.5, 0.6) is 0 Å². The van der Waals surface area contributed by atoms with E-state index < -0.39 is 0 Å². The van der Waals surface area contributed by atoms with Crippen LogP contribution in [0.4, 0.5) is 0 Å². The van der Waals surface area contributed by atoms with E-state index >= 15 is 0 Å². The molecule has 0 radical (unpaired) electrons. The summed E-state index contributed by atoms with van der Waals surface area (Å²) in [5, 5.41) is 0.